The molecular formula is C17H21NO4. The van der Waals surface area contributed by atoms with E-state index < -0.39 is 11.9 Å². The number of carboxylic acids is 1. The summed E-state index contributed by atoms with van der Waals surface area (Å²) in [5.74, 6) is -0.561. The van der Waals surface area contributed by atoms with Crippen molar-refractivity contribution in [2.45, 2.75) is 38.2 Å². The molecule has 1 amide bonds. The molecule has 118 valence electrons. The van der Waals surface area contributed by atoms with Gasteiger partial charge in [0.05, 0.1) is 12.0 Å². The van der Waals surface area contributed by atoms with E-state index in [-0.39, 0.29) is 5.91 Å². The van der Waals surface area contributed by atoms with E-state index in [0.717, 1.165) is 18.6 Å². The summed E-state index contributed by atoms with van der Waals surface area (Å²) in [7, 11) is 0. The highest BCUT2D eigenvalue weighted by Gasteiger charge is 2.31. The zero-order valence-electron chi connectivity index (χ0n) is 12.5. The first-order valence-electron chi connectivity index (χ1n) is 7.92. The summed E-state index contributed by atoms with van der Waals surface area (Å²) in [4.78, 5) is 24.9. The second-order valence-electron chi connectivity index (χ2n) is 6.12. The van der Waals surface area contributed by atoms with Crippen molar-refractivity contribution >= 4 is 11.9 Å². The van der Waals surface area contributed by atoms with Crippen LogP contribution in [0.2, 0.25) is 0 Å². The summed E-state index contributed by atoms with van der Waals surface area (Å²) in [6, 6.07) is 7.19. The Labute approximate surface area is 129 Å². The van der Waals surface area contributed by atoms with Crippen molar-refractivity contribution in [2.24, 2.45) is 5.92 Å². The van der Waals surface area contributed by atoms with Crippen LogP contribution in [0.1, 0.15) is 42.5 Å². The van der Waals surface area contributed by atoms with Gasteiger partial charge in [0.2, 0.25) is 0 Å². The van der Waals surface area contributed by atoms with Gasteiger partial charge >= 0.3 is 5.97 Å². The van der Waals surface area contributed by atoms with E-state index in [1.807, 2.05) is 12.1 Å². The molecule has 1 atom stereocenters. The Morgan fingerprint density at radius 3 is 2.36 bits per heavy atom. The van der Waals surface area contributed by atoms with Gasteiger partial charge in [-0.2, -0.15) is 0 Å². The Hall–Kier alpha value is -2.04. The summed E-state index contributed by atoms with van der Waals surface area (Å²) in [5, 5.41) is 9.00. The second kappa shape index (κ2) is 6.38. The summed E-state index contributed by atoms with van der Waals surface area (Å²) >= 11 is 0. The maximum Gasteiger partial charge on any atom is 0.308 e. The number of hydrogen-bond acceptors (Lipinski definition) is 3. The number of likely N-dealkylation sites (tertiary alicyclic amines) is 1. The molecule has 1 saturated heterocycles. The molecule has 1 aromatic carbocycles. The average molecular weight is 303 g/mol. The topological polar surface area (TPSA) is 66.8 Å². The fourth-order valence-corrected chi connectivity index (χ4v) is 3.20. The first-order chi connectivity index (χ1) is 10.6. The van der Waals surface area contributed by atoms with Crippen LogP contribution in [-0.4, -0.2) is 41.1 Å². The van der Waals surface area contributed by atoms with Crippen LogP contribution in [0.15, 0.2) is 24.3 Å². The minimum Gasteiger partial charge on any atom is -0.490 e. The van der Waals surface area contributed by atoms with Gasteiger partial charge in [0.1, 0.15) is 5.75 Å². The molecule has 0 spiro atoms. The Morgan fingerprint density at radius 1 is 1.09 bits per heavy atom. The lowest BCUT2D eigenvalue weighted by Gasteiger charge is -2.17. The summed E-state index contributed by atoms with van der Waals surface area (Å²) in [6.45, 7) is 0.810. The molecule has 0 unspecified atom stereocenters. The van der Waals surface area contributed by atoms with Gasteiger partial charge in [-0.3, -0.25) is 9.59 Å². The molecule has 1 aromatic rings. The highest BCUT2D eigenvalue weighted by molar-refractivity contribution is 5.94. The number of carboxylic acid groups (broad SMARTS) is 1. The van der Waals surface area contributed by atoms with Gasteiger partial charge in [0, 0.05) is 18.7 Å². The molecular weight excluding hydrogens is 282 g/mol. The average Bonchev–Trinajstić information content (AvgIpc) is 3.18. The third-order valence-corrected chi connectivity index (χ3v) is 4.53. The maximum absolute atomic E-state index is 12.4. The van der Waals surface area contributed by atoms with E-state index in [2.05, 4.69) is 0 Å². The molecule has 0 radical (unpaired) electrons. The van der Waals surface area contributed by atoms with Crippen molar-refractivity contribution in [3.63, 3.8) is 0 Å². The SMILES string of the molecule is O=C(O)[C@@H]1CCN(C(=O)c2ccc(OC3CCCC3)cc2)C1. The number of rotatable bonds is 4. The molecule has 0 aromatic heterocycles. The Kier molecular flexibility index (Phi) is 4.32. The highest BCUT2D eigenvalue weighted by Crippen LogP contribution is 2.25. The fraction of sp³-hybridized carbons (Fsp3) is 0.529. The van der Waals surface area contributed by atoms with Crippen LogP contribution in [0.4, 0.5) is 0 Å². The van der Waals surface area contributed by atoms with Crippen LogP contribution < -0.4 is 4.74 Å². The number of ether oxygens (including phenoxy) is 1. The molecule has 0 bridgehead atoms. The fourth-order valence-electron chi connectivity index (χ4n) is 3.20. The minimum atomic E-state index is -0.824. The first-order valence-corrected chi connectivity index (χ1v) is 7.92. The van der Waals surface area contributed by atoms with Crippen LogP contribution in [0.3, 0.4) is 0 Å². The summed E-state index contributed by atoms with van der Waals surface area (Å²) < 4.78 is 5.88. The number of carbonyl (C=O) groups is 2. The maximum atomic E-state index is 12.4. The normalized spacial score (nSPS) is 22.0. The molecule has 5 nitrogen and oxygen atoms in total. The molecule has 1 N–H and O–H groups in total. The highest BCUT2D eigenvalue weighted by atomic mass is 16.5. The predicted octanol–water partition coefficient (Wildman–Crippen LogP) is 2.55. The van der Waals surface area contributed by atoms with Gasteiger partial charge in [-0.15, -0.1) is 0 Å². The van der Waals surface area contributed by atoms with E-state index in [1.54, 1.807) is 17.0 Å². The third-order valence-electron chi connectivity index (χ3n) is 4.53. The molecule has 1 heterocycles. The van der Waals surface area contributed by atoms with Crippen LogP contribution >= 0.6 is 0 Å². The number of amides is 1. The lowest BCUT2D eigenvalue weighted by Crippen LogP contribution is -2.29. The molecule has 2 aliphatic rings. The molecule has 1 aliphatic heterocycles. The number of carbonyl (C=O) groups excluding carboxylic acids is 1. The number of benzene rings is 1. The lowest BCUT2D eigenvalue weighted by atomic mass is 10.1. The zero-order valence-corrected chi connectivity index (χ0v) is 12.5. The van der Waals surface area contributed by atoms with E-state index >= 15 is 0 Å². The molecule has 22 heavy (non-hydrogen) atoms. The smallest absolute Gasteiger partial charge is 0.308 e. The van der Waals surface area contributed by atoms with Crippen LogP contribution in [0.25, 0.3) is 0 Å². The zero-order chi connectivity index (χ0) is 15.5. The van der Waals surface area contributed by atoms with Crippen LogP contribution in [0.5, 0.6) is 5.75 Å². The van der Waals surface area contributed by atoms with E-state index in [9.17, 15) is 9.59 Å². The molecule has 3 rings (SSSR count). The third kappa shape index (κ3) is 3.24. The van der Waals surface area contributed by atoms with Crippen molar-refractivity contribution in [3.05, 3.63) is 29.8 Å². The van der Waals surface area contributed by atoms with Crippen molar-refractivity contribution in [2.75, 3.05) is 13.1 Å². The Morgan fingerprint density at radius 2 is 1.77 bits per heavy atom. The molecule has 1 aliphatic carbocycles. The van der Waals surface area contributed by atoms with Crippen LogP contribution in [0, 0.1) is 5.92 Å². The standard InChI is InChI=1S/C17H21NO4/c19-16(18-10-9-13(11-18)17(20)21)12-5-7-15(8-6-12)22-14-3-1-2-4-14/h5-8,13-14H,1-4,9-11H2,(H,20,21)/t13-/m1/s1. The van der Waals surface area contributed by atoms with E-state index in [0.29, 0.717) is 31.2 Å². The van der Waals surface area contributed by atoms with Gasteiger partial charge in [-0.05, 0) is 56.4 Å². The van der Waals surface area contributed by atoms with E-state index in [4.69, 9.17) is 9.84 Å². The van der Waals surface area contributed by atoms with Crippen LogP contribution in [-0.2, 0) is 4.79 Å². The van der Waals surface area contributed by atoms with Crippen molar-refractivity contribution < 1.29 is 19.4 Å². The van der Waals surface area contributed by atoms with Gasteiger partial charge in [-0.1, -0.05) is 0 Å². The Bertz CT molecular complexity index is 548. The minimum absolute atomic E-state index is 0.101. The molecule has 5 heteroatoms. The predicted molar refractivity (Wildman–Crippen MR) is 81.0 cm³/mol. The first kappa shape index (κ1) is 14.9. The number of aliphatic carboxylic acids is 1. The number of nitrogens with zero attached hydrogens (tertiary/aromatic N) is 1. The molecule has 2 fully saturated rings. The van der Waals surface area contributed by atoms with E-state index in [1.165, 1.54) is 12.8 Å². The lowest BCUT2D eigenvalue weighted by molar-refractivity contribution is -0.141. The van der Waals surface area contributed by atoms with Crippen molar-refractivity contribution in [1.82, 2.24) is 4.90 Å². The molecule has 1 saturated carbocycles. The quantitative estimate of drug-likeness (QED) is 0.928. The van der Waals surface area contributed by atoms with Gasteiger partial charge < -0.3 is 14.7 Å². The summed E-state index contributed by atoms with van der Waals surface area (Å²) in [6.07, 6.45) is 5.48. The van der Waals surface area contributed by atoms with Crippen molar-refractivity contribution in [3.8, 4) is 5.75 Å². The van der Waals surface area contributed by atoms with Gasteiger partial charge in [0.25, 0.3) is 5.91 Å². The van der Waals surface area contributed by atoms with Gasteiger partial charge in [-0.25, -0.2) is 0 Å². The van der Waals surface area contributed by atoms with Crippen molar-refractivity contribution in [1.29, 1.82) is 0 Å². The Balaban J connectivity index is 1.60. The summed E-state index contributed by atoms with van der Waals surface area (Å²) in [5.41, 5.74) is 0.588. The van der Waals surface area contributed by atoms with Gasteiger partial charge in [0.15, 0.2) is 0 Å². The number of hydrogen-bond donors (Lipinski definition) is 1. The second-order valence-corrected chi connectivity index (χ2v) is 6.12. The monoisotopic (exact) mass is 303 g/mol. The largest absolute Gasteiger partial charge is 0.490 e.